The Morgan fingerprint density at radius 1 is 1.07 bits per heavy atom. The summed E-state index contributed by atoms with van der Waals surface area (Å²) in [6.45, 7) is 2.69. The molecular formula is C13H18FN. The van der Waals surface area contributed by atoms with Gasteiger partial charge in [0.15, 0.2) is 0 Å². The molecular weight excluding hydrogens is 189 g/mol. The molecule has 0 bridgehead atoms. The summed E-state index contributed by atoms with van der Waals surface area (Å²) in [5, 5.41) is 0. The predicted molar refractivity (Wildman–Crippen MR) is 60.6 cm³/mol. The molecule has 1 aliphatic rings. The fourth-order valence-corrected chi connectivity index (χ4v) is 2.14. The predicted octanol–water partition coefficient (Wildman–Crippen LogP) is 3.18. The standard InChI is InChI=1S/C13H18FN/c14-13(12-7-3-1-4-8-12)11-15-9-5-2-6-10-15/h1,3-4,7-8,13H,2,5-6,9-11H2/t13-/m1/s1. The molecule has 0 amide bonds. The van der Waals surface area contributed by atoms with Crippen LogP contribution in [0.5, 0.6) is 0 Å². The first-order chi connectivity index (χ1) is 7.36. The number of hydrogen-bond acceptors (Lipinski definition) is 1. The van der Waals surface area contributed by atoms with Crippen LogP contribution in [0, 0.1) is 0 Å². The van der Waals surface area contributed by atoms with Gasteiger partial charge in [-0.2, -0.15) is 0 Å². The van der Waals surface area contributed by atoms with Crippen LogP contribution < -0.4 is 0 Å². The minimum atomic E-state index is -0.829. The summed E-state index contributed by atoms with van der Waals surface area (Å²) in [5.74, 6) is 0. The lowest BCUT2D eigenvalue weighted by Crippen LogP contribution is -2.32. The average molecular weight is 207 g/mol. The first kappa shape index (κ1) is 10.6. The SMILES string of the molecule is F[C@H](CN1CCCCC1)c1ccccc1. The van der Waals surface area contributed by atoms with E-state index < -0.39 is 6.17 Å². The van der Waals surface area contributed by atoms with Crippen molar-refractivity contribution >= 4 is 0 Å². The molecule has 1 saturated heterocycles. The lowest BCUT2D eigenvalue weighted by Gasteiger charge is -2.27. The summed E-state index contributed by atoms with van der Waals surface area (Å²) in [6.07, 6.45) is 2.92. The number of alkyl halides is 1. The second kappa shape index (κ2) is 5.26. The van der Waals surface area contributed by atoms with Crippen LogP contribution in [0.25, 0.3) is 0 Å². The summed E-state index contributed by atoms with van der Waals surface area (Å²) < 4.78 is 13.9. The quantitative estimate of drug-likeness (QED) is 0.735. The number of hydrogen-bond donors (Lipinski definition) is 0. The van der Waals surface area contributed by atoms with Crippen molar-refractivity contribution in [2.45, 2.75) is 25.4 Å². The Bertz CT molecular complexity index is 280. The Balaban J connectivity index is 1.88. The largest absolute Gasteiger partial charge is 0.300 e. The van der Waals surface area contributed by atoms with Gasteiger partial charge in [0.2, 0.25) is 0 Å². The van der Waals surface area contributed by atoms with E-state index in [1.54, 1.807) is 0 Å². The molecule has 0 N–H and O–H groups in total. The van der Waals surface area contributed by atoms with E-state index in [1.165, 1.54) is 19.3 Å². The van der Waals surface area contributed by atoms with Crippen molar-refractivity contribution < 1.29 is 4.39 Å². The molecule has 0 radical (unpaired) electrons. The van der Waals surface area contributed by atoms with Crippen LogP contribution in [-0.2, 0) is 0 Å². The molecule has 1 atom stereocenters. The Labute approximate surface area is 90.9 Å². The first-order valence-electron chi connectivity index (χ1n) is 5.77. The Morgan fingerprint density at radius 3 is 2.40 bits per heavy atom. The number of piperidine rings is 1. The van der Waals surface area contributed by atoms with E-state index in [9.17, 15) is 4.39 Å². The molecule has 1 fully saturated rings. The molecule has 2 rings (SSSR count). The molecule has 1 aromatic rings. The fourth-order valence-electron chi connectivity index (χ4n) is 2.14. The number of nitrogens with zero attached hydrogens (tertiary/aromatic N) is 1. The molecule has 2 heteroatoms. The Kier molecular flexibility index (Phi) is 3.73. The fraction of sp³-hybridized carbons (Fsp3) is 0.538. The molecule has 1 heterocycles. The highest BCUT2D eigenvalue weighted by molar-refractivity contribution is 5.17. The summed E-state index contributed by atoms with van der Waals surface area (Å²) in [4.78, 5) is 2.24. The second-order valence-electron chi connectivity index (χ2n) is 4.24. The van der Waals surface area contributed by atoms with Crippen molar-refractivity contribution in [3.63, 3.8) is 0 Å². The zero-order valence-electron chi connectivity index (χ0n) is 9.03. The third kappa shape index (κ3) is 3.03. The topological polar surface area (TPSA) is 3.24 Å². The van der Waals surface area contributed by atoms with E-state index in [0.717, 1.165) is 18.7 Å². The lowest BCUT2D eigenvalue weighted by molar-refractivity contribution is 0.167. The summed E-state index contributed by atoms with van der Waals surface area (Å²) in [5.41, 5.74) is 0.808. The zero-order chi connectivity index (χ0) is 10.5. The van der Waals surface area contributed by atoms with E-state index in [-0.39, 0.29) is 0 Å². The monoisotopic (exact) mass is 207 g/mol. The second-order valence-corrected chi connectivity index (χ2v) is 4.24. The highest BCUT2D eigenvalue weighted by Crippen LogP contribution is 2.20. The number of benzene rings is 1. The van der Waals surface area contributed by atoms with E-state index in [1.807, 2.05) is 30.3 Å². The van der Waals surface area contributed by atoms with Gasteiger partial charge in [-0.15, -0.1) is 0 Å². The summed E-state index contributed by atoms with van der Waals surface area (Å²) in [6, 6.07) is 9.47. The van der Waals surface area contributed by atoms with Crippen LogP contribution in [-0.4, -0.2) is 24.5 Å². The first-order valence-corrected chi connectivity index (χ1v) is 5.77. The van der Waals surface area contributed by atoms with E-state index in [2.05, 4.69) is 4.90 Å². The molecule has 0 unspecified atom stereocenters. The Morgan fingerprint density at radius 2 is 1.73 bits per heavy atom. The number of likely N-dealkylation sites (tertiary alicyclic amines) is 1. The van der Waals surface area contributed by atoms with Gasteiger partial charge in [-0.25, -0.2) is 4.39 Å². The maximum absolute atomic E-state index is 13.9. The van der Waals surface area contributed by atoms with Gasteiger partial charge in [0.25, 0.3) is 0 Å². The average Bonchev–Trinajstić information content (AvgIpc) is 2.31. The van der Waals surface area contributed by atoms with Gasteiger partial charge in [0.05, 0.1) is 0 Å². The molecule has 0 aliphatic carbocycles. The van der Waals surface area contributed by atoms with Crippen molar-refractivity contribution in [1.29, 1.82) is 0 Å². The third-order valence-corrected chi connectivity index (χ3v) is 3.03. The van der Waals surface area contributed by atoms with Crippen LogP contribution in [0.2, 0.25) is 0 Å². The van der Waals surface area contributed by atoms with Gasteiger partial charge in [0, 0.05) is 6.54 Å². The van der Waals surface area contributed by atoms with Gasteiger partial charge < -0.3 is 4.90 Å². The van der Waals surface area contributed by atoms with Gasteiger partial charge >= 0.3 is 0 Å². The zero-order valence-corrected chi connectivity index (χ0v) is 9.03. The summed E-state index contributed by atoms with van der Waals surface area (Å²) in [7, 11) is 0. The van der Waals surface area contributed by atoms with Crippen LogP contribution in [0.15, 0.2) is 30.3 Å². The van der Waals surface area contributed by atoms with Crippen LogP contribution in [0.1, 0.15) is 31.0 Å². The van der Waals surface area contributed by atoms with Crippen LogP contribution in [0.4, 0.5) is 4.39 Å². The molecule has 82 valence electrons. The van der Waals surface area contributed by atoms with Crippen LogP contribution in [0.3, 0.4) is 0 Å². The number of rotatable bonds is 3. The Hall–Kier alpha value is -0.890. The molecule has 1 aliphatic heterocycles. The maximum Gasteiger partial charge on any atom is 0.138 e. The van der Waals surface area contributed by atoms with E-state index in [0.29, 0.717) is 6.54 Å². The minimum Gasteiger partial charge on any atom is -0.300 e. The van der Waals surface area contributed by atoms with Gasteiger partial charge in [-0.05, 0) is 31.5 Å². The van der Waals surface area contributed by atoms with Crippen molar-refractivity contribution in [3.8, 4) is 0 Å². The highest BCUT2D eigenvalue weighted by atomic mass is 19.1. The van der Waals surface area contributed by atoms with Crippen LogP contribution >= 0.6 is 0 Å². The van der Waals surface area contributed by atoms with Gasteiger partial charge in [0.1, 0.15) is 6.17 Å². The van der Waals surface area contributed by atoms with Crippen molar-refractivity contribution in [2.75, 3.05) is 19.6 Å². The van der Waals surface area contributed by atoms with E-state index >= 15 is 0 Å². The van der Waals surface area contributed by atoms with Crippen molar-refractivity contribution in [1.82, 2.24) is 4.90 Å². The van der Waals surface area contributed by atoms with E-state index in [4.69, 9.17) is 0 Å². The van der Waals surface area contributed by atoms with Crippen molar-refractivity contribution in [3.05, 3.63) is 35.9 Å². The molecule has 0 spiro atoms. The number of halogens is 1. The van der Waals surface area contributed by atoms with Gasteiger partial charge in [-0.3, -0.25) is 0 Å². The molecule has 1 nitrogen and oxygen atoms in total. The normalized spacial score (nSPS) is 20.1. The smallest absolute Gasteiger partial charge is 0.138 e. The third-order valence-electron chi connectivity index (χ3n) is 3.03. The van der Waals surface area contributed by atoms with Crippen molar-refractivity contribution in [2.24, 2.45) is 0 Å². The molecule has 0 saturated carbocycles. The lowest BCUT2D eigenvalue weighted by atomic mass is 10.1. The maximum atomic E-state index is 13.9. The molecule has 1 aromatic carbocycles. The molecule has 15 heavy (non-hydrogen) atoms. The molecule has 0 aromatic heterocycles. The minimum absolute atomic E-state index is 0.560. The van der Waals surface area contributed by atoms with Gasteiger partial charge in [-0.1, -0.05) is 36.8 Å². The highest BCUT2D eigenvalue weighted by Gasteiger charge is 2.16. The summed E-state index contributed by atoms with van der Waals surface area (Å²) >= 11 is 0.